The monoisotopic (exact) mass is 864 g/mol. The molecule has 0 unspecified atom stereocenters. The van der Waals surface area contributed by atoms with Crippen molar-refractivity contribution in [3.8, 4) is 50.2 Å². The number of benzene rings is 12. The molecular formula is C66H44N2. The van der Waals surface area contributed by atoms with Gasteiger partial charge in [-0.3, -0.25) is 0 Å². The minimum absolute atomic E-state index is 1.09. The summed E-state index contributed by atoms with van der Waals surface area (Å²) in [6.45, 7) is 0. The third kappa shape index (κ3) is 6.82. The maximum Gasteiger partial charge on any atom is 0.0619 e. The lowest BCUT2D eigenvalue weighted by molar-refractivity contribution is 1.19. The number of hydrogen-bond donors (Lipinski definition) is 0. The van der Waals surface area contributed by atoms with Crippen LogP contribution in [0.4, 0.5) is 17.1 Å². The van der Waals surface area contributed by atoms with Crippen molar-refractivity contribution >= 4 is 71.2 Å². The van der Waals surface area contributed by atoms with Crippen molar-refractivity contribution in [2.24, 2.45) is 0 Å². The van der Waals surface area contributed by atoms with Crippen LogP contribution in [-0.2, 0) is 0 Å². The molecular weight excluding hydrogens is 821 g/mol. The van der Waals surface area contributed by atoms with Gasteiger partial charge < -0.3 is 9.47 Å². The van der Waals surface area contributed by atoms with Crippen molar-refractivity contribution in [2.45, 2.75) is 0 Å². The number of anilines is 3. The van der Waals surface area contributed by atoms with Crippen LogP contribution in [0.25, 0.3) is 104 Å². The average molecular weight is 865 g/mol. The fourth-order valence-electron chi connectivity index (χ4n) is 10.4. The summed E-state index contributed by atoms with van der Waals surface area (Å²) in [6, 6.07) is 97.4. The second-order valence-electron chi connectivity index (χ2n) is 17.7. The number of rotatable bonds is 8. The van der Waals surface area contributed by atoms with Crippen LogP contribution in [0.1, 0.15) is 0 Å². The van der Waals surface area contributed by atoms with E-state index in [1.165, 1.54) is 93.1 Å². The second kappa shape index (κ2) is 16.5. The van der Waals surface area contributed by atoms with Crippen molar-refractivity contribution < 1.29 is 0 Å². The predicted octanol–water partition coefficient (Wildman–Crippen LogP) is 18.4. The van der Waals surface area contributed by atoms with E-state index in [1.807, 2.05) is 0 Å². The Morgan fingerprint density at radius 1 is 0.250 bits per heavy atom. The first-order valence-electron chi connectivity index (χ1n) is 23.4. The summed E-state index contributed by atoms with van der Waals surface area (Å²) in [6.07, 6.45) is 0. The molecule has 0 N–H and O–H groups in total. The zero-order valence-corrected chi connectivity index (χ0v) is 37.3. The molecule has 0 aliphatic carbocycles. The Hall–Kier alpha value is -8.98. The number of hydrogen-bond acceptors (Lipinski definition) is 1. The van der Waals surface area contributed by atoms with Gasteiger partial charge in [-0.25, -0.2) is 0 Å². The molecule has 13 aromatic rings. The van der Waals surface area contributed by atoms with Gasteiger partial charge in [-0.1, -0.05) is 206 Å². The molecule has 2 nitrogen and oxygen atoms in total. The van der Waals surface area contributed by atoms with Crippen LogP contribution in [0, 0.1) is 0 Å². The topological polar surface area (TPSA) is 8.17 Å². The summed E-state index contributed by atoms with van der Waals surface area (Å²) in [5.74, 6) is 0. The van der Waals surface area contributed by atoms with Crippen LogP contribution in [0.15, 0.2) is 267 Å². The highest BCUT2D eigenvalue weighted by atomic mass is 15.1. The van der Waals surface area contributed by atoms with E-state index >= 15 is 0 Å². The summed E-state index contributed by atoms with van der Waals surface area (Å²) in [5, 5.41) is 10.1. The van der Waals surface area contributed by atoms with Crippen LogP contribution < -0.4 is 4.90 Å². The summed E-state index contributed by atoms with van der Waals surface area (Å²) >= 11 is 0. The van der Waals surface area contributed by atoms with E-state index in [2.05, 4.69) is 276 Å². The molecule has 12 aromatic carbocycles. The Labute approximate surface area is 395 Å². The normalized spacial score (nSPS) is 11.5. The Kier molecular flexibility index (Phi) is 9.54. The lowest BCUT2D eigenvalue weighted by Gasteiger charge is -2.26. The van der Waals surface area contributed by atoms with Crippen LogP contribution in [0.3, 0.4) is 0 Å². The molecule has 0 saturated carbocycles. The van der Waals surface area contributed by atoms with Crippen LogP contribution >= 0.6 is 0 Å². The van der Waals surface area contributed by atoms with Gasteiger partial charge >= 0.3 is 0 Å². The first-order chi connectivity index (χ1) is 33.7. The van der Waals surface area contributed by atoms with Crippen molar-refractivity contribution in [1.29, 1.82) is 0 Å². The van der Waals surface area contributed by atoms with Gasteiger partial charge in [0.05, 0.1) is 11.0 Å². The molecule has 0 radical (unpaired) electrons. The number of nitrogens with zero attached hydrogens (tertiary/aromatic N) is 2. The van der Waals surface area contributed by atoms with Gasteiger partial charge in [0.2, 0.25) is 0 Å². The largest absolute Gasteiger partial charge is 0.311 e. The Balaban J connectivity index is 0.897. The van der Waals surface area contributed by atoms with E-state index in [4.69, 9.17) is 0 Å². The second-order valence-corrected chi connectivity index (χ2v) is 17.7. The molecule has 0 fully saturated rings. The highest BCUT2D eigenvalue weighted by Crippen LogP contribution is 2.42. The number of fused-ring (bicyclic) bond motifs is 8. The van der Waals surface area contributed by atoms with Crippen LogP contribution in [-0.4, -0.2) is 4.57 Å². The fraction of sp³-hybridized carbons (Fsp3) is 0. The van der Waals surface area contributed by atoms with Gasteiger partial charge in [-0.05, 0) is 132 Å². The van der Waals surface area contributed by atoms with Crippen molar-refractivity contribution in [3.63, 3.8) is 0 Å². The molecule has 0 aliphatic heterocycles. The van der Waals surface area contributed by atoms with Crippen molar-refractivity contribution in [1.82, 2.24) is 4.57 Å². The summed E-state index contributed by atoms with van der Waals surface area (Å²) in [5.41, 5.74) is 16.4. The van der Waals surface area contributed by atoms with Gasteiger partial charge in [0.1, 0.15) is 0 Å². The third-order valence-electron chi connectivity index (χ3n) is 13.8. The molecule has 2 heteroatoms. The van der Waals surface area contributed by atoms with E-state index in [0.717, 1.165) is 28.3 Å². The maximum atomic E-state index is 2.44. The minimum atomic E-state index is 1.09. The van der Waals surface area contributed by atoms with Gasteiger partial charge in [-0.2, -0.15) is 0 Å². The van der Waals surface area contributed by atoms with Crippen molar-refractivity contribution in [3.05, 3.63) is 267 Å². The number of para-hydroxylation sites is 1. The van der Waals surface area contributed by atoms with E-state index in [9.17, 15) is 0 Å². The minimum Gasteiger partial charge on any atom is -0.311 e. The average Bonchev–Trinajstić information content (AvgIpc) is 3.76. The molecule has 0 atom stereocenters. The quantitative estimate of drug-likeness (QED) is 0.138. The molecule has 0 amide bonds. The first kappa shape index (κ1) is 39.4. The maximum absolute atomic E-state index is 2.44. The molecule has 68 heavy (non-hydrogen) atoms. The molecule has 0 bridgehead atoms. The Morgan fingerprint density at radius 3 is 1.32 bits per heavy atom. The van der Waals surface area contributed by atoms with Crippen LogP contribution in [0.5, 0.6) is 0 Å². The molecule has 1 aromatic heterocycles. The predicted molar refractivity (Wildman–Crippen MR) is 290 cm³/mol. The van der Waals surface area contributed by atoms with Crippen molar-refractivity contribution in [2.75, 3.05) is 4.90 Å². The van der Waals surface area contributed by atoms with Gasteiger partial charge in [-0.15, -0.1) is 0 Å². The number of aromatic nitrogens is 1. The zero-order valence-electron chi connectivity index (χ0n) is 37.3. The summed E-state index contributed by atoms with van der Waals surface area (Å²) in [7, 11) is 0. The van der Waals surface area contributed by atoms with E-state index < -0.39 is 0 Å². The fourth-order valence-corrected chi connectivity index (χ4v) is 10.4. The van der Waals surface area contributed by atoms with Gasteiger partial charge in [0, 0.05) is 38.9 Å². The Morgan fingerprint density at radius 2 is 0.676 bits per heavy atom. The van der Waals surface area contributed by atoms with E-state index in [-0.39, 0.29) is 0 Å². The first-order valence-corrected chi connectivity index (χ1v) is 23.4. The molecule has 318 valence electrons. The molecule has 0 aliphatic rings. The lowest BCUT2D eigenvalue weighted by atomic mass is 9.94. The SMILES string of the molecule is c1ccc(-c2ccccc2-c2ccc(N(c3ccc(-c4ccc5c(ccc6ccccc65)c4)cc3)c3ccc(-c4ccc5c6ccc7ccccc7c6n(-c6ccccc6)c5c4)cc3)cc2)cc1. The van der Waals surface area contributed by atoms with Crippen LogP contribution in [0.2, 0.25) is 0 Å². The van der Waals surface area contributed by atoms with Gasteiger partial charge in [0.25, 0.3) is 0 Å². The third-order valence-corrected chi connectivity index (χ3v) is 13.8. The molecule has 13 rings (SSSR count). The lowest BCUT2D eigenvalue weighted by Crippen LogP contribution is -2.09. The molecule has 0 spiro atoms. The zero-order chi connectivity index (χ0) is 45.0. The van der Waals surface area contributed by atoms with E-state index in [1.54, 1.807) is 0 Å². The summed E-state index contributed by atoms with van der Waals surface area (Å²) < 4.78 is 2.44. The highest BCUT2D eigenvalue weighted by molar-refractivity contribution is 6.19. The molecule has 0 saturated heterocycles. The molecule has 1 heterocycles. The van der Waals surface area contributed by atoms with E-state index in [0.29, 0.717) is 0 Å². The smallest absolute Gasteiger partial charge is 0.0619 e. The van der Waals surface area contributed by atoms with Gasteiger partial charge in [0.15, 0.2) is 0 Å². The Bertz CT molecular complexity index is 3980. The highest BCUT2D eigenvalue weighted by Gasteiger charge is 2.18. The standard InChI is InChI=1S/C66H44N2/c1-3-13-47(14-4-1)58-20-11-12-21-60(58)50-29-38-57(39-30-50)67(55-34-25-45(26-35-55)51-32-40-61-53(43-51)24-23-48-15-7-9-19-59(48)61)56-36-27-46(28-37-56)52-33-41-63-64-42-31-49-16-8-10-22-62(49)66(64)68(65(63)44-52)54-17-5-2-6-18-54/h1-44H. The summed E-state index contributed by atoms with van der Waals surface area (Å²) in [4.78, 5) is 2.37.